The average molecular weight is 354 g/mol. The van der Waals surface area contributed by atoms with Gasteiger partial charge < -0.3 is 17.2 Å². The lowest BCUT2D eigenvalue weighted by Gasteiger charge is -1.97. The molecule has 2 amide bonds. The Hall–Kier alpha value is -3.56. The first kappa shape index (κ1) is 21.4. The quantitative estimate of drug-likeness (QED) is 0.436. The number of carbonyl (C=O) groups excluding carboxylic acids is 2. The minimum Gasteiger partial charge on any atom is -0.399 e. The van der Waals surface area contributed by atoms with Crippen molar-refractivity contribution < 1.29 is 23.3 Å². The second kappa shape index (κ2) is 8.91. The molecule has 0 unspecified atom stereocenters. The van der Waals surface area contributed by atoms with Crippen LogP contribution in [0.2, 0.25) is 0 Å². The summed E-state index contributed by atoms with van der Waals surface area (Å²) < 4.78 is 25.6. The Kier molecular flexibility index (Phi) is 7.64. The van der Waals surface area contributed by atoms with Crippen molar-refractivity contribution in [3.05, 3.63) is 69.3 Å². The number of hydrogen-bond donors (Lipinski definition) is 3. The molecular formula is C15H16F2N4O4. The van der Waals surface area contributed by atoms with E-state index in [0.29, 0.717) is 6.07 Å². The molecule has 8 nitrogen and oxygen atoms in total. The number of nitrogens with zero attached hydrogens (tertiary/aromatic N) is 1. The first-order valence-electron chi connectivity index (χ1n) is 6.22. The van der Waals surface area contributed by atoms with Crippen LogP contribution in [-0.2, 0) is 0 Å². The minimum absolute atomic E-state index is 0. The fraction of sp³-hybridized carbons (Fsp3) is 0.0667. The first-order valence-corrected chi connectivity index (χ1v) is 6.22. The van der Waals surface area contributed by atoms with Crippen molar-refractivity contribution in [2.75, 3.05) is 5.73 Å². The third-order valence-corrected chi connectivity index (χ3v) is 2.69. The number of nitro groups is 1. The Balaban J connectivity index is 0.000000449. The van der Waals surface area contributed by atoms with Crippen LogP contribution in [0.1, 0.15) is 28.1 Å². The number of nitro benzene ring substituents is 1. The molecule has 0 saturated carbocycles. The Morgan fingerprint density at radius 2 is 1.36 bits per heavy atom. The molecule has 2 aromatic carbocycles. The lowest BCUT2D eigenvalue weighted by atomic mass is 10.2. The molecule has 0 bridgehead atoms. The molecule has 0 aliphatic carbocycles. The zero-order valence-electron chi connectivity index (χ0n) is 12.0. The third-order valence-electron chi connectivity index (χ3n) is 2.69. The minimum atomic E-state index is -0.985. The predicted molar refractivity (Wildman–Crippen MR) is 87.6 cm³/mol. The Bertz CT molecular complexity index is 812. The van der Waals surface area contributed by atoms with Gasteiger partial charge in [-0.1, -0.05) is 7.43 Å². The van der Waals surface area contributed by atoms with Gasteiger partial charge in [0.25, 0.3) is 17.5 Å². The average Bonchev–Trinajstić information content (AvgIpc) is 2.46. The summed E-state index contributed by atoms with van der Waals surface area (Å²) in [6, 6.07) is 6.38. The molecular weight excluding hydrogens is 338 g/mol. The van der Waals surface area contributed by atoms with Gasteiger partial charge in [-0.2, -0.15) is 0 Å². The largest absolute Gasteiger partial charge is 0.399 e. The third kappa shape index (κ3) is 5.86. The second-order valence-corrected chi connectivity index (χ2v) is 4.39. The molecule has 0 aliphatic heterocycles. The summed E-state index contributed by atoms with van der Waals surface area (Å²) >= 11 is 0. The summed E-state index contributed by atoms with van der Waals surface area (Å²) in [5, 5.41) is 10.2. The predicted octanol–water partition coefficient (Wildman–Crippen LogP) is 1.98. The maximum atomic E-state index is 12.9. The highest BCUT2D eigenvalue weighted by Crippen LogP contribution is 2.15. The van der Waals surface area contributed by atoms with Gasteiger partial charge in [-0.25, -0.2) is 8.78 Å². The number of non-ortho nitro benzene ring substituents is 1. The zero-order chi connectivity index (χ0) is 18.4. The molecule has 2 aromatic rings. The van der Waals surface area contributed by atoms with E-state index in [1.54, 1.807) is 0 Å². The van der Waals surface area contributed by atoms with Crippen LogP contribution in [0, 0.1) is 21.7 Å². The lowest BCUT2D eigenvalue weighted by molar-refractivity contribution is -0.385. The van der Waals surface area contributed by atoms with Gasteiger partial charge in [0.2, 0.25) is 0 Å². The number of nitrogen functional groups attached to an aromatic ring is 1. The molecule has 25 heavy (non-hydrogen) atoms. The number of rotatable bonds is 3. The number of carbonyl (C=O) groups is 2. The Morgan fingerprint density at radius 3 is 1.72 bits per heavy atom. The molecule has 6 N–H and O–H groups in total. The van der Waals surface area contributed by atoms with E-state index in [0.717, 1.165) is 18.2 Å². The van der Waals surface area contributed by atoms with E-state index >= 15 is 0 Å². The Morgan fingerprint density at radius 1 is 0.920 bits per heavy atom. The molecule has 0 atom stereocenters. The SMILES string of the molecule is C.NC(=O)c1ccc(N)cc1F.NC(=O)c1ccc([N+](=O)[O-])cc1F. The molecule has 10 heteroatoms. The van der Waals surface area contributed by atoms with Gasteiger partial charge in [0.05, 0.1) is 22.1 Å². The fourth-order valence-corrected chi connectivity index (χ4v) is 1.55. The molecule has 134 valence electrons. The van der Waals surface area contributed by atoms with Gasteiger partial charge >= 0.3 is 0 Å². The van der Waals surface area contributed by atoms with E-state index in [9.17, 15) is 28.5 Å². The van der Waals surface area contributed by atoms with Gasteiger partial charge in [0.15, 0.2) is 0 Å². The van der Waals surface area contributed by atoms with Gasteiger partial charge in [-0.15, -0.1) is 0 Å². The summed E-state index contributed by atoms with van der Waals surface area (Å²) in [4.78, 5) is 30.4. The molecule has 2 rings (SSSR count). The highest BCUT2D eigenvalue weighted by molar-refractivity contribution is 5.93. The summed E-state index contributed by atoms with van der Waals surface area (Å²) in [6.07, 6.45) is 0. The van der Waals surface area contributed by atoms with E-state index in [4.69, 9.17) is 17.2 Å². The number of primary amides is 2. The van der Waals surface area contributed by atoms with Crippen molar-refractivity contribution >= 4 is 23.2 Å². The summed E-state index contributed by atoms with van der Waals surface area (Å²) in [6.45, 7) is 0. The molecule has 0 aliphatic rings. The number of anilines is 1. The highest BCUT2D eigenvalue weighted by atomic mass is 19.1. The van der Waals surface area contributed by atoms with Crippen molar-refractivity contribution in [3.8, 4) is 0 Å². The molecule has 0 aromatic heterocycles. The van der Waals surface area contributed by atoms with Crippen molar-refractivity contribution in [2.24, 2.45) is 11.5 Å². The number of nitrogens with two attached hydrogens (primary N) is 3. The number of hydrogen-bond acceptors (Lipinski definition) is 5. The van der Waals surface area contributed by atoms with E-state index in [-0.39, 0.29) is 24.2 Å². The second-order valence-electron chi connectivity index (χ2n) is 4.39. The molecule has 0 heterocycles. The monoisotopic (exact) mass is 354 g/mol. The number of halogens is 2. The van der Waals surface area contributed by atoms with Crippen LogP contribution in [-0.4, -0.2) is 16.7 Å². The molecule has 0 saturated heterocycles. The van der Waals surface area contributed by atoms with E-state index < -0.39 is 34.1 Å². The lowest BCUT2D eigenvalue weighted by Crippen LogP contribution is -2.13. The van der Waals surface area contributed by atoms with Crippen LogP contribution in [0.3, 0.4) is 0 Å². The van der Waals surface area contributed by atoms with Crippen LogP contribution in [0.4, 0.5) is 20.2 Å². The van der Waals surface area contributed by atoms with E-state index in [1.807, 2.05) is 0 Å². The van der Waals surface area contributed by atoms with Crippen LogP contribution in [0.15, 0.2) is 36.4 Å². The molecule has 0 spiro atoms. The Labute approximate surface area is 141 Å². The molecule has 0 fully saturated rings. The zero-order valence-corrected chi connectivity index (χ0v) is 12.0. The molecule has 0 radical (unpaired) electrons. The number of benzene rings is 2. The van der Waals surface area contributed by atoms with E-state index in [1.165, 1.54) is 12.1 Å². The van der Waals surface area contributed by atoms with Gasteiger partial charge in [0, 0.05) is 11.8 Å². The van der Waals surface area contributed by atoms with Crippen molar-refractivity contribution in [2.45, 2.75) is 7.43 Å². The van der Waals surface area contributed by atoms with Crippen LogP contribution >= 0.6 is 0 Å². The van der Waals surface area contributed by atoms with Gasteiger partial charge in [-0.3, -0.25) is 19.7 Å². The maximum Gasteiger partial charge on any atom is 0.272 e. The number of amides is 2. The van der Waals surface area contributed by atoms with Crippen LogP contribution in [0.5, 0.6) is 0 Å². The summed E-state index contributed by atoms with van der Waals surface area (Å²) in [7, 11) is 0. The topological polar surface area (TPSA) is 155 Å². The van der Waals surface area contributed by atoms with E-state index in [2.05, 4.69) is 0 Å². The highest BCUT2D eigenvalue weighted by Gasteiger charge is 2.13. The fourth-order valence-electron chi connectivity index (χ4n) is 1.55. The van der Waals surface area contributed by atoms with Crippen LogP contribution in [0.25, 0.3) is 0 Å². The van der Waals surface area contributed by atoms with Gasteiger partial charge in [0.1, 0.15) is 11.6 Å². The maximum absolute atomic E-state index is 12.9. The summed E-state index contributed by atoms with van der Waals surface area (Å²) in [5.74, 6) is -3.41. The summed E-state index contributed by atoms with van der Waals surface area (Å²) in [5.41, 5.74) is 14.2. The van der Waals surface area contributed by atoms with Crippen LogP contribution < -0.4 is 17.2 Å². The standard InChI is InChI=1S/C7H5FN2O3.C7H7FN2O.CH4/c8-6-3-4(10(12)13)1-2-5(6)7(9)11;8-6-3-4(9)1-2-5(6)7(10)11;/h1-3H,(H2,9,11);1-3H,9H2,(H2,10,11);1H4. The van der Waals surface area contributed by atoms with Gasteiger partial charge in [-0.05, 0) is 24.3 Å². The van der Waals surface area contributed by atoms with Crippen molar-refractivity contribution in [3.63, 3.8) is 0 Å². The smallest absolute Gasteiger partial charge is 0.272 e. The first-order chi connectivity index (χ1) is 11.1. The normalized spacial score (nSPS) is 9.20. The van der Waals surface area contributed by atoms with Crippen molar-refractivity contribution in [1.82, 2.24) is 0 Å². The van der Waals surface area contributed by atoms with Crippen molar-refractivity contribution in [1.29, 1.82) is 0 Å².